The topological polar surface area (TPSA) is 63.2 Å². The van der Waals surface area contributed by atoms with Crippen molar-refractivity contribution in [1.82, 2.24) is 0 Å². The van der Waals surface area contributed by atoms with E-state index in [4.69, 9.17) is 18.9 Å². The quantitative estimate of drug-likeness (QED) is 0.613. The number of ether oxygens (including phenoxy) is 5. The molecule has 1 aromatic rings. The number of esters is 1. The molecule has 1 aliphatic rings. The van der Waals surface area contributed by atoms with Crippen LogP contribution in [0.15, 0.2) is 18.2 Å². The summed E-state index contributed by atoms with van der Waals surface area (Å²) in [6.45, 7) is 2.22. The summed E-state index contributed by atoms with van der Waals surface area (Å²) in [6, 6.07) is 3.62. The first kappa shape index (κ1) is 16.2. The molecule has 0 spiro atoms. The Balaban J connectivity index is 2.61. The molecule has 0 bridgehead atoms. The predicted octanol–water partition coefficient (Wildman–Crippen LogP) is 2.11. The van der Waals surface area contributed by atoms with Gasteiger partial charge in [-0.15, -0.1) is 0 Å². The van der Waals surface area contributed by atoms with Crippen LogP contribution >= 0.6 is 0 Å². The average molecular weight is 308 g/mol. The number of hydrogen-bond donors (Lipinski definition) is 0. The van der Waals surface area contributed by atoms with Crippen LogP contribution in [0.1, 0.15) is 18.1 Å². The van der Waals surface area contributed by atoms with Gasteiger partial charge in [0.25, 0.3) is 0 Å². The predicted molar refractivity (Wildman–Crippen MR) is 79.9 cm³/mol. The minimum Gasteiger partial charge on any atom is -0.493 e. The van der Waals surface area contributed by atoms with Crippen LogP contribution in [0.2, 0.25) is 0 Å². The van der Waals surface area contributed by atoms with E-state index in [1.807, 2.05) is 13.0 Å². The fourth-order valence-electron chi connectivity index (χ4n) is 2.53. The van der Waals surface area contributed by atoms with Crippen molar-refractivity contribution in [2.24, 2.45) is 0 Å². The van der Waals surface area contributed by atoms with Crippen LogP contribution in [0.5, 0.6) is 11.5 Å². The molecule has 6 nitrogen and oxygen atoms in total. The fourth-order valence-corrected chi connectivity index (χ4v) is 2.53. The molecule has 0 aromatic heterocycles. The third-order valence-electron chi connectivity index (χ3n) is 3.56. The lowest BCUT2D eigenvalue weighted by Gasteiger charge is -2.24. The Labute approximate surface area is 129 Å². The molecule has 1 unspecified atom stereocenters. The number of fused-ring (bicyclic) bond motifs is 1. The number of rotatable bonds is 5. The Morgan fingerprint density at radius 2 is 1.82 bits per heavy atom. The third kappa shape index (κ3) is 2.74. The number of benzene rings is 1. The lowest BCUT2D eigenvalue weighted by Crippen LogP contribution is -2.26. The van der Waals surface area contributed by atoms with Crippen molar-refractivity contribution in [1.29, 1.82) is 0 Å². The van der Waals surface area contributed by atoms with E-state index in [2.05, 4.69) is 4.74 Å². The zero-order valence-electron chi connectivity index (χ0n) is 13.4. The van der Waals surface area contributed by atoms with Crippen LogP contribution in [0.25, 0.3) is 5.76 Å². The van der Waals surface area contributed by atoms with Gasteiger partial charge in [-0.05, 0) is 19.1 Å². The van der Waals surface area contributed by atoms with Crippen LogP contribution < -0.4 is 9.47 Å². The number of hydrogen-bond acceptors (Lipinski definition) is 6. The first-order valence-electron chi connectivity index (χ1n) is 6.73. The Bertz CT molecular complexity index is 607. The molecule has 0 fully saturated rings. The van der Waals surface area contributed by atoms with Crippen molar-refractivity contribution in [3.05, 3.63) is 29.3 Å². The minimum atomic E-state index is -0.719. The highest BCUT2D eigenvalue weighted by Gasteiger charge is 2.41. The van der Waals surface area contributed by atoms with E-state index in [0.29, 0.717) is 23.9 Å². The van der Waals surface area contributed by atoms with Gasteiger partial charge in [0.1, 0.15) is 5.76 Å². The Kier molecular flexibility index (Phi) is 4.61. The van der Waals surface area contributed by atoms with Gasteiger partial charge in [0.05, 0.1) is 34.0 Å². The molecular formula is C16H20O6. The average Bonchev–Trinajstić information content (AvgIpc) is 2.77. The standard InChI is InChI=1S/C16H20O6/c1-16(9-18-2)11-7-14(20-4)13(19-3)6-10(11)12(22-16)8-15(17)21-5/h6-8H,9H2,1-5H3/b12-8-. The third-order valence-corrected chi connectivity index (χ3v) is 3.56. The van der Waals surface area contributed by atoms with E-state index >= 15 is 0 Å². The maximum absolute atomic E-state index is 11.6. The molecule has 2 rings (SSSR count). The second-order valence-electron chi connectivity index (χ2n) is 5.05. The highest BCUT2D eigenvalue weighted by Crippen LogP contribution is 2.47. The molecular weight excluding hydrogens is 288 g/mol. The molecule has 22 heavy (non-hydrogen) atoms. The van der Waals surface area contributed by atoms with Gasteiger partial charge in [-0.2, -0.15) is 0 Å². The molecule has 6 heteroatoms. The molecule has 0 N–H and O–H groups in total. The van der Waals surface area contributed by atoms with Crippen molar-refractivity contribution in [3.63, 3.8) is 0 Å². The molecule has 0 saturated carbocycles. The van der Waals surface area contributed by atoms with Crippen LogP contribution in [-0.4, -0.2) is 41.0 Å². The summed E-state index contributed by atoms with van der Waals surface area (Å²) in [5.74, 6) is 1.08. The minimum absolute atomic E-state index is 0.327. The van der Waals surface area contributed by atoms with E-state index < -0.39 is 11.6 Å². The summed E-state index contributed by atoms with van der Waals surface area (Å²) in [7, 11) is 6.03. The van der Waals surface area contributed by atoms with Gasteiger partial charge in [-0.1, -0.05) is 0 Å². The smallest absolute Gasteiger partial charge is 0.334 e. The van der Waals surface area contributed by atoms with E-state index in [1.165, 1.54) is 13.2 Å². The lowest BCUT2D eigenvalue weighted by molar-refractivity contribution is -0.134. The van der Waals surface area contributed by atoms with Gasteiger partial charge < -0.3 is 23.7 Å². The van der Waals surface area contributed by atoms with Gasteiger partial charge >= 0.3 is 5.97 Å². The molecule has 1 atom stereocenters. The van der Waals surface area contributed by atoms with Gasteiger partial charge in [0.2, 0.25) is 0 Å². The van der Waals surface area contributed by atoms with Crippen LogP contribution in [0, 0.1) is 0 Å². The van der Waals surface area contributed by atoms with Gasteiger partial charge in [-0.25, -0.2) is 4.79 Å². The van der Waals surface area contributed by atoms with Crippen molar-refractivity contribution in [2.75, 3.05) is 35.0 Å². The van der Waals surface area contributed by atoms with Crippen molar-refractivity contribution < 1.29 is 28.5 Å². The van der Waals surface area contributed by atoms with Gasteiger partial charge in [0.15, 0.2) is 17.1 Å². The molecule has 0 saturated heterocycles. The van der Waals surface area contributed by atoms with Crippen LogP contribution in [0.4, 0.5) is 0 Å². The SMILES string of the molecule is COCC1(C)O/C(=C\C(=O)OC)c2cc(OC)c(OC)cc21. The normalized spacial score (nSPS) is 21.2. The lowest BCUT2D eigenvalue weighted by atomic mass is 9.93. The van der Waals surface area contributed by atoms with E-state index in [9.17, 15) is 4.79 Å². The summed E-state index contributed by atoms with van der Waals surface area (Å²) in [5, 5.41) is 0. The molecule has 1 aliphatic heterocycles. The second-order valence-corrected chi connectivity index (χ2v) is 5.05. The van der Waals surface area contributed by atoms with Crippen molar-refractivity contribution in [2.45, 2.75) is 12.5 Å². The summed E-state index contributed by atoms with van der Waals surface area (Å²) in [5.41, 5.74) is 0.897. The van der Waals surface area contributed by atoms with Crippen LogP contribution in [0.3, 0.4) is 0 Å². The first-order valence-corrected chi connectivity index (χ1v) is 6.73. The highest BCUT2D eigenvalue weighted by atomic mass is 16.6. The Hall–Kier alpha value is -2.21. The van der Waals surface area contributed by atoms with E-state index in [-0.39, 0.29) is 0 Å². The summed E-state index contributed by atoms with van der Waals surface area (Å²) in [6.07, 6.45) is 1.31. The van der Waals surface area contributed by atoms with Gasteiger partial charge in [0, 0.05) is 18.2 Å². The zero-order valence-corrected chi connectivity index (χ0v) is 13.4. The van der Waals surface area contributed by atoms with Crippen molar-refractivity contribution >= 4 is 11.7 Å². The monoisotopic (exact) mass is 308 g/mol. The van der Waals surface area contributed by atoms with E-state index in [0.717, 1.165) is 11.1 Å². The summed E-state index contributed by atoms with van der Waals surface area (Å²) in [4.78, 5) is 11.6. The maximum atomic E-state index is 11.6. The molecule has 0 radical (unpaired) electrons. The largest absolute Gasteiger partial charge is 0.493 e. The van der Waals surface area contributed by atoms with E-state index in [1.54, 1.807) is 27.4 Å². The molecule has 0 amide bonds. The zero-order chi connectivity index (χ0) is 16.3. The Morgan fingerprint density at radius 1 is 1.18 bits per heavy atom. The molecule has 120 valence electrons. The maximum Gasteiger partial charge on any atom is 0.334 e. The fraction of sp³-hybridized carbons (Fsp3) is 0.438. The first-order chi connectivity index (χ1) is 10.5. The number of carbonyl (C=O) groups is 1. The molecule has 1 aromatic carbocycles. The summed E-state index contributed by atoms with van der Waals surface area (Å²) < 4.78 is 26.5. The Morgan fingerprint density at radius 3 is 2.36 bits per heavy atom. The summed E-state index contributed by atoms with van der Waals surface area (Å²) >= 11 is 0. The number of carbonyl (C=O) groups excluding carboxylic acids is 1. The van der Waals surface area contributed by atoms with Crippen LogP contribution in [-0.2, 0) is 24.6 Å². The molecule has 0 aliphatic carbocycles. The second kappa shape index (κ2) is 6.27. The number of methoxy groups -OCH3 is 4. The highest BCUT2D eigenvalue weighted by molar-refractivity contribution is 5.91. The molecule has 1 heterocycles. The van der Waals surface area contributed by atoms with Crippen molar-refractivity contribution in [3.8, 4) is 11.5 Å². The van der Waals surface area contributed by atoms with Gasteiger partial charge in [-0.3, -0.25) is 0 Å².